The highest BCUT2D eigenvalue weighted by Gasteiger charge is 2.21. The first-order valence-corrected chi connectivity index (χ1v) is 8.28. The maximum Gasteiger partial charge on any atom is 0.164 e. The van der Waals surface area contributed by atoms with E-state index < -0.39 is 0 Å². The topological polar surface area (TPSA) is 53.7 Å². The Morgan fingerprint density at radius 2 is 1.56 bits per heavy atom. The molecule has 0 fully saturated rings. The molecular formula is C20H28ClNO3. The molecule has 0 amide bonds. The van der Waals surface area contributed by atoms with E-state index in [0.717, 1.165) is 23.3 Å². The number of methoxy groups -OCH3 is 2. The molecule has 4 nitrogen and oxygen atoms in total. The molecule has 1 unspecified atom stereocenters. The van der Waals surface area contributed by atoms with Gasteiger partial charge in [-0.25, -0.2) is 0 Å². The molecule has 0 aliphatic heterocycles. The summed E-state index contributed by atoms with van der Waals surface area (Å²) in [6.45, 7) is 4.76. The number of halogens is 1. The molecule has 0 saturated carbocycles. The van der Waals surface area contributed by atoms with Crippen LogP contribution < -0.4 is 19.9 Å². The SMILES string of the molecule is CCC(C)[C@@H](N)c1cc(OC)c(OC)cc1OCc1ccccc1.Cl. The molecule has 0 aliphatic carbocycles. The van der Waals surface area contributed by atoms with E-state index in [4.69, 9.17) is 19.9 Å². The third-order valence-corrected chi connectivity index (χ3v) is 4.37. The molecule has 138 valence electrons. The Morgan fingerprint density at radius 1 is 0.960 bits per heavy atom. The smallest absolute Gasteiger partial charge is 0.164 e. The highest BCUT2D eigenvalue weighted by Crippen LogP contribution is 2.39. The van der Waals surface area contributed by atoms with Crippen LogP contribution in [0.25, 0.3) is 0 Å². The van der Waals surface area contributed by atoms with Crippen LogP contribution in [-0.4, -0.2) is 14.2 Å². The van der Waals surface area contributed by atoms with E-state index in [9.17, 15) is 0 Å². The van der Waals surface area contributed by atoms with E-state index in [-0.39, 0.29) is 18.4 Å². The second kappa shape index (κ2) is 10.2. The second-order valence-corrected chi connectivity index (χ2v) is 5.93. The first-order chi connectivity index (χ1) is 11.6. The van der Waals surface area contributed by atoms with Crippen LogP contribution in [0, 0.1) is 5.92 Å². The van der Waals surface area contributed by atoms with E-state index >= 15 is 0 Å². The van der Waals surface area contributed by atoms with Crippen molar-refractivity contribution < 1.29 is 14.2 Å². The molecule has 2 aromatic rings. The van der Waals surface area contributed by atoms with Gasteiger partial charge < -0.3 is 19.9 Å². The van der Waals surface area contributed by atoms with Crippen LogP contribution in [-0.2, 0) is 6.61 Å². The van der Waals surface area contributed by atoms with Crippen LogP contribution in [0.5, 0.6) is 17.2 Å². The molecule has 5 heteroatoms. The van der Waals surface area contributed by atoms with Crippen molar-refractivity contribution in [2.45, 2.75) is 32.9 Å². The molecule has 0 saturated heterocycles. The maximum atomic E-state index is 6.46. The lowest BCUT2D eigenvalue weighted by atomic mass is 9.92. The average Bonchev–Trinajstić information content (AvgIpc) is 2.65. The Hall–Kier alpha value is -1.91. The van der Waals surface area contributed by atoms with E-state index in [1.54, 1.807) is 14.2 Å². The van der Waals surface area contributed by atoms with Gasteiger partial charge in [0.1, 0.15) is 12.4 Å². The van der Waals surface area contributed by atoms with Crippen molar-refractivity contribution in [2.24, 2.45) is 11.7 Å². The van der Waals surface area contributed by atoms with Gasteiger partial charge in [-0.2, -0.15) is 0 Å². The first kappa shape index (κ1) is 21.1. The average molecular weight is 366 g/mol. The molecule has 0 radical (unpaired) electrons. The van der Waals surface area contributed by atoms with Crippen LogP contribution in [0.4, 0.5) is 0 Å². The third kappa shape index (κ3) is 5.28. The second-order valence-electron chi connectivity index (χ2n) is 5.93. The predicted molar refractivity (Wildman–Crippen MR) is 104 cm³/mol. The summed E-state index contributed by atoms with van der Waals surface area (Å²) in [5.74, 6) is 2.38. The van der Waals surface area contributed by atoms with Gasteiger partial charge in [-0.3, -0.25) is 0 Å². The van der Waals surface area contributed by atoms with E-state index in [0.29, 0.717) is 24.0 Å². The maximum absolute atomic E-state index is 6.46. The van der Waals surface area contributed by atoms with Crippen molar-refractivity contribution in [3.8, 4) is 17.2 Å². The highest BCUT2D eigenvalue weighted by molar-refractivity contribution is 5.85. The minimum absolute atomic E-state index is 0. The summed E-state index contributed by atoms with van der Waals surface area (Å²) in [5.41, 5.74) is 8.51. The summed E-state index contributed by atoms with van der Waals surface area (Å²) >= 11 is 0. The normalized spacial score (nSPS) is 12.7. The van der Waals surface area contributed by atoms with Crippen molar-refractivity contribution in [3.63, 3.8) is 0 Å². The Labute approximate surface area is 156 Å². The minimum Gasteiger partial charge on any atom is -0.493 e. The number of nitrogens with two attached hydrogens (primary N) is 1. The molecule has 2 rings (SSSR count). The summed E-state index contributed by atoms with van der Waals surface area (Å²) < 4.78 is 16.9. The van der Waals surface area contributed by atoms with Gasteiger partial charge in [0.05, 0.1) is 14.2 Å². The largest absolute Gasteiger partial charge is 0.493 e. The quantitative estimate of drug-likeness (QED) is 0.733. The summed E-state index contributed by atoms with van der Waals surface area (Å²) in [6.07, 6.45) is 0.994. The first-order valence-electron chi connectivity index (χ1n) is 8.28. The van der Waals surface area contributed by atoms with Crippen molar-refractivity contribution in [1.82, 2.24) is 0 Å². The molecule has 0 bridgehead atoms. The van der Waals surface area contributed by atoms with Crippen LogP contribution in [0.3, 0.4) is 0 Å². The molecule has 0 aromatic heterocycles. The van der Waals surface area contributed by atoms with Crippen LogP contribution in [0.15, 0.2) is 42.5 Å². The highest BCUT2D eigenvalue weighted by atomic mass is 35.5. The van der Waals surface area contributed by atoms with Gasteiger partial charge in [0.2, 0.25) is 0 Å². The fraction of sp³-hybridized carbons (Fsp3) is 0.400. The van der Waals surface area contributed by atoms with E-state index in [1.807, 2.05) is 42.5 Å². The van der Waals surface area contributed by atoms with E-state index in [1.165, 1.54) is 0 Å². The lowest BCUT2D eigenvalue weighted by molar-refractivity contribution is 0.290. The van der Waals surface area contributed by atoms with Crippen LogP contribution in [0.1, 0.15) is 37.4 Å². The molecule has 2 N–H and O–H groups in total. The summed E-state index contributed by atoms with van der Waals surface area (Å²) in [4.78, 5) is 0. The zero-order valence-corrected chi connectivity index (χ0v) is 16.1. The standard InChI is InChI=1S/C20H27NO3.ClH/c1-5-14(2)20(21)16-11-18(22-3)19(23-4)12-17(16)24-13-15-9-7-6-8-10-15;/h6-12,14,20H,5,13,21H2,1-4H3;1H/t14?,20-;/m1./s1. The van der Waals surface area contributed by atoms with Gasteiger partial charge in [-0.1, -0.05) is 50.6 Å². The van der Waals surface area contributed by atoms with Crippen molar-refractivity contribution in [2.75, 3.05) is 14.2 Å². The van der Waals surface area contributed by atoms with Crippen molar-refractivity contribution in [1.29, 1.82) is 0 Å². The summed E-state index contributed by atoms with van der Waals surface area (Å²) in [7, 11) is 3.24. The van der Waals surface area contributed by atoms with E-state index in [2.05, 4.69) is 13.8 Å². The molecule has 2 aromatic carbocycles. The minimum atomic E-state index is -0.124. The lowest BCUT2D eigenvalue weighted by Gasteiger charge is -2.23. The van der Waals surface area contributed by atoms with Gasteiger partial charge in [0.15, 0.2) is 11.5 Å². The molecule has 0 heterocycles. The number of benzene rings is 2. The summed E-state index contributed by atoms with van der Waals surface area (Å²) in [5, 5.41) is 0. The van der Waals surface area contributed by atoms with Gasteiger partial charge in [-0.05, 0) is 17.5 Å². The number of hydrogen-bond acceptors (Lipinski definition) is 4. The Balaban J connectivity index is 0.00000312. The van der Waals surface area contributed by atoms with Crippen LogP contribution in [0.2, 0.25) is 0 Å². The van der Waals surface area contributed by atoms with Crippen LogP contribution >= 0.6 is 12.4 Å². The fourth-order valence-corrected chi connectivity index (χ4v) is 2.56. The lowest BCUT2D eigenvalue weighted by Crippen LogP contribution is -2.19. The van der Waals surface area contributed by atoms with Crippen molar-refractivity contribution >= 4 is 12.4 Å². The zero-order chi connectivity index (χ0) is 17.5. The van der Waals surface area contributed by atoms with Gasteiger partial charge >= 0.3 is 0 Å². The van der Waals surface area contributed by atoms with Gasteiger partial charge in [-0.15, -0.1) is 12.4 Å². The predicted octanol–water partition coefficient (Wildman–Crippen LogP) is 4.75. The number of rotatable bonds is 8. The number of ether oxygens (including phenoxy) is 3. The van der Waals surface area contributed by atoms with Crippen molar-refractivity contribution in [3.05, 3.63) is 53.6 Å². The van der Waals surface area contributed by atoms with Gasteiger partial charge in [0, 0.05) is 17.7 Å². The molecular weight excluding hydrogens is 338 g/mol. The molecule has 0 spiro atoms. The Morgan fingerprint density at radius 3 is 2.12 bits per heavy atom. The molecule has 25 heavy (non-hydrogen) atoms. The fourth-order valence-electron chi connectivity index (χ4n) is 2.56. The monoisotopic (exact) mass is 365 g/mol. The summed E-state index contributed by atoms with van der Waals surface area (Å²) in [6, 6.07) is 13.7. The zero-order valence-electron chi connectivity index (χ0n) is 15.3. The molecule has 0 aliphatic rings. The Bertz CT molecular complexity index is 649. The molecule has 2 atom stereocenters. The number of hydrogen-bond donors (Lipinski definition) is 1. The third-order valence-electron chi connectivity index (χ3n) is 4.37. The Kier molecular flexibility index (Phi) is 8.59. The van der Waals surface area contributed by atoms with Gasteiger partial charge in [0.25, 0.3) is 0 Å².